The lowest BCUT2D eigenvalue weighted by atomic mass is 9.96. The van der Waals surface area contributed by atoms with Gasteiger partial charge in [0.1, 0.15) is 5.75 Å². The van der Waals surface area contributed by atoms with Gasteiger partial charge in [0.15, 0.2) is 0 Å². The van der Waals surface area contributed by atoms with Crippen LogP contribution in [0.25, 0.3) is 0 Å². The van der Waals surface area contributed by atoms with Crippen LogP contribution in [0.3, 0.4) is 0 Å². The number of hydrogen-bond acceptors (Lipinski definition) is 4. The van der Waals surface area contributed by atoms with Crippen molar-refractivity contribution in [2.24, 2.45) is 5.92 Å². The lowest BCUT2D eigenvalue weighted by Crippen LogP contribution is -2.51. The van der Waals surface area contributed by atoms with Crippen molar-refractivity contribution in [1.29, 1.82) is 0 Å². The van der Waals surface area contributed by atoms with Crippen LogP contribution in [0.4, 0.5) is 0 Å². The molecule has 0 radical (unpaired) electrons. The lowest BCUT2D eigenvalue weighted by Gasteiger charge is -2.39. The number of carbonyl (C=O) groups is 1. The van der Waals surface area contributed by atoms with Gasteiger partial charge >= 0.3 is 0 Å². The molecule has 1 N–H and O–H groups in total. The number of hydrogen-bond donors (Lipinski definition) is 1. The normalized spacial score (nSPS) is 22.3. The molecule has 1 unspecified atom stereocenters. The number of methoxy groups -OCH3 is 1. The van der Waals surface area contributed by atoms with E-state index in [2.05, 4.69) is 16.3 Å². The first kappa shape index (κ1) is 18.4. The van der Waals surface area contributed by atoms with Crippen LogP contribution in [-0.2, 0) is 4.79 Å². The van der Waals surface area contributed by atoms with Crippen molar-refractivity contribution in [1.82, 2.24) is 10.2 Å². The molecule has 6 heteroatoms. The molecule has 0 spiro atoms. The summed E-state index contributed by atoms with van der Waals surface area (Å²) < 4.78 is 5.50. The van der Waals surface area contributed by atoms with Crippen LogP contribution in [0.2, 0.25) is 0 Å². The van der Waals surface area contributed by atoms with E-state index in [1.807, 2.05) is 30.0 Å². The third-order valence-corrected chi connectivity index (χ3v) is 5.64. The van der Waals surface area contributed by atoms with Gasteiger partial charge in [-0.25, -0.2) is 0 Å². The van der Waals surface area contributed by atoms with Crippen molar-refractivity contribution in [3.63, 3.8) is 0 Å². The predicted molar refractivity (Wildman–Crippen MR) is 97.6 cm³/mol. The minimum absolute atomic E-state index is 0. The van der Waals surface area contributed by atoms with Gasteiger partial charge in [-0.15, -0.1) is 12.4 Å². The molecule has 128 valence electrons. The average molecular weight is 357 g/mol. The summed E-state index contributed by atoms with van der Waals surface area (Å²) in [5.74, 6) is 3.63. The quantitative estimate of drug-likeness (QED) is 0.904. The maximum atomic E-state index is 13.0. The molecule has 0 aromatic heterocycles. The van der Waals surface area contributed by atoms with Gasteiger partial charge in [0, 0.05) is 31.1 Å². The van der Waals surface area contributed by atoms with Crippen molar-refractivity contribution in [2.45, 2.75) is 18.9 Å². The molecule has 2 saturated heterocycles. The summed E-state index contributed by atoms with van der Waals surface area (Å²) in [7, 11) is 1.69. The molecule has 2 fully saturated rings. The van der Waals surface area contributed by atoms with E-state index in [4.69, 9.17) is 4.74 Å². The molecule has 0 bridgehead atoms. The Bertz CT molecular complexity index is 523. The van der Waals surface area contributed by atoms with Crippen molar-refractivity contribution >= 4 is 30.1 Å². The lowest BCUT2D eigenvalue weighted by molar-refractivity contribution is -0.139. The maximum absolute atomic E-state index is 13.0. The van der Waals surface area contributed by atoms with Gasteiger partial charge < -0.3 is 15.0 Å². The molecule has 1 aromatic carbocycles. The zero-order valence-electron chi connectivity index (χ0n) is 13.5. The number of nitrogens with one attached hydrogen (secondary N) is 1. The topological polar surface area (TPSA) is 41.6 Å². The fourth-order valence-corrected chi connectivity index (χ4v) is 4.47. The molecule has 0 saturated carbocycles. The molecule has 2 aliphatic heterocycles. The fourth-order valence-electron chi connectivity index (χ4n) is 3.37. The first-order valence-electron chi connectivity index (χ1n) is 8.03. The summed E-state index contributed by atoms with van der Waals surface area (Å²) >= 11 is 1.96. The van der Waals surface area contributed by atoms with E-state index in [9.17, 15) is 4.79 Å². The molecule has 1 aromatic rings. The zero-order chi connectivity index (χ0) is 15.4. The highest BCUT2D eigenvalue weighted by molar-refractivity contribution is 7.99. The fraction of sp³-hybridized carbons (Fsp3) is 0.588. The van der Waals surface area contributed by atoms with Crippen molar-refractivity contribution < 1.29 is 9.53 Å². The van der Waals surface area contributed by atoms with E-state index in [1.165, 1.54) is 0 Å². The van der Waals surface area contributed by atoms with Crippen LogP contribution in [0, 0.1) is 5.92 Å². The Morgan fingerprint density at radius 2 is 2.04 bits per heavy atom. The monoisotopic (exact) mass is 356 g/mol. The average Bonchev–Trinajstić information content (AvgIpc) is 2.62. The Kier molecular flexibility index (Phi) is 7.06. The van der Waals surface area contributed by atoms with Crippen molar-refractivity contribution in [3.8, 4) is 5.75 Å². The van der Waals surface area contributed by atoms with E-state index < -0.39 is 0 Å². The first-order chi connectivity index (χ1) is 10.8. The highest BCUT2D eigenvalue weighted by Gasteiger charge is 2.34. The van der Waals surface area contributed by atoms with Gasteiger partial charge in [0.2, 0.25) is 5.91 Å². The molecular weight excluding hydrogens is 332 g/mol. The molecule has 2 heterocycles. The van der Waals surface area contributed by atoms with Crippen LogP contribution in [0.5, 0.6) is 5.75 Å². The van der Waals surface area contributed by atoms with Crippen LogP contribution >= 0.6 is 24.2 Å². The smallest absolute Gasteiger partial charge is 0.226 e. The molecule has 1 atom stereocenters. The summed E-state index contributed by atoms with van der Waals surface area (Å²) in [6, 6.07) is 8.12. The summed E-state index contributed by atoms with van der Waals surface area (Å²) in [4.78, 5) is 15.1. The number of para-hydroxylation sites is 1. The number of piperazine rings is 1. The van der Waals surface area contributed by atoms with Crippen LogP contribution in [-0.4, -0.2) is 49.1 Å². The standard InChI is InChI=1S/C17H24N2O2S.ClH/c1-21-16-5-3-2-4-14(16)15-12-18-8-9-19(15)17(20)13-6-10-22-11-7-13;/h2-5,13,15,18H,6-12H2,1H3;1H. The summed E-state index contributed by atoms with van der Waals surface area (Å²) in [5.41, 5.74) is 1.11. The highest BCUT2D eigenvalue weighted by atomic mass is 35.5. The molecule has 1 amide bonds. The summed E-state index contributed by atoms with van der Waals surface area (Å²) in [6.07, 6.45) is 2.04. The molecular formula is C17H25ClN2O2S. The SMILES string of the molecule is COc1ccccc1C1CNCCN1C(=O)C1CCSCC1.Cl. The number of thioether (sulfide) groups is 1. The maximum Gasteiger partial charge on any atom is 0.226 e. The molecule has 3 rings (SSSR count). The van der Waals surface area contributed by atoms with Gasteiger partial charge in [-0.3, -0.25) is 4.79 Å². The Labute approximate surface area is 148 Å². The number of carbonyl (C=O) groups excluding carboxylic acids is 1. The number of ether oxygens (including phenoxy) is 1. The second kappa shape index (κ2) is 8.81. The minimum Gasteiger partial charge on any atom is -0.496 e. The number of rotatable bonds is 3. The van der Waals surface area contributed by atoms with E-state index >= 15 is 0 Å². The summed E-state index contributed by atoms with van der Waals surface area (Å²) in [5, 5.41) is 3.42. The van der Waals surface area contributed by atoms with Crippen molar-refractivity contribution in [3.05, 3.63) is 29.8 Å². The molecule has 0 aliphatic carbocycles. The first-order valence-corrected chi connectivity index (χ1v) is 9.18. The van der Waals surface area contributed by atoms with Crippen LogP contribution < -0.4 is 10.1 Å². The second-order valence-corrected chi connectivity index (χ2v) is 7.10. The predicted octanol–water partition coefficient (Wildman–Crippen LogP) is 2.73. The second-order valence-electron chi connectivity index (χ2n) is 5.88. The molecule has 2 aliphatic rings. The number of halogens is 1. The minimum atomic E-state index is 0. The van der Waals surface area contributed by atoms with E-state index in [-0.39, 0.29) is 24.4 Å². The van der Waals surface area contributed by atoms with Gasteiger partial charge in [0.25, 0.3) is 0 Å². The Morgan fingerprint density at radius 3 is 2.78 bits per heavy atom. The Balaban J connectivity index is 0.00000192. The van der Waals surface area contributed by atoms with Gasteiger partial charge in [-0.1, -0.05) is 18.2 Å². The highest BCUT2D eigenvalue weighted by Crippen LogP contribution is 2.33. The molecule has 4 nitrogen and oxygen atoms in total. The third kappa shape index (κ3) is 4.14. The van der Waals surface area contributed by atoms with E-state index in [0.29, 0.717) is 5.91 Å². The molecule has 23 heavy (non-hydrogen) atoms. The largest absolute Gasteiger partial charge is 0.496 e. The van der Waals surface area contributed by atoms with Gasteiger partial charge in [0.05, 0.1) is 13.2 Å². The van der Waals surface area contributed by atoms with Gasteiger partial charge in [-0.2, -0.15) is 11.8 Å². The van der Waals surface area contributed by atoms with Crippen LogP contribution in [0.15, 0.2) is 24.3 Å². The third-order valence-electron chi connectivity index (χ3n) is 4.59. The van der Waals surface area contributed by atoms with Crippen LogP contribution in [0.1, 0.15) is 24.4 Å². The number of amides is 1. The Morgan fingerprint density at radius 1 is 1.30 bits per heavy atom. The number of nitrogens with zero attached hydrogens (tertiary/aromatic N) is 1. The summed E-state index contributed by atoms with van der Waals surface area (Å²) in [6.45, 7) is 2.46. The zero-order valence-corrected chi connectivity index (χ0v) is 15.1. The van der Waals surface area contributed by atoms with Crippen molar-refractivity contribution in [2.75, 3.05) is 38.2 Å². The van der Waals surface area contributed by atoms with E-state index in [0.717, 1.165) is 55.3 Å². The van der Waals surface area contributed by atoms with Gasteiger partial charge in [-0.05, 0) is 30.4 Å². The van der Waals surface area contributed by atoms with E-state index in [1.54, 1.807) is 7.11 Å². The number of benzene rings is 1. The Hall–Kier alpha value is -0.910.